The second-order valence-electron chi connectivity index (χ2n) is 12.7. The molecule has 2 amide bonds. The summed E-state index contributed by atoms with van der Waals surface area (Å²) < 4.78 is 32.9. The maximum Gasteiger partial charge on any atom is 0.240 e. The van der Waals surface area contributed by atoms with Gasteiger partial charge in [0.05, 0.1) is 25.3 Å². The highest BCUT2D eigenvalue weighted by atomic mass is 19.1. The van der Waals surface area contributed by atoms with E-state index >= 15 is 4.39 Å². The molecule has 2 aliphatic carbocycles. The van der Waals surface area contributed by atoms with Gasteiger partial charge in [0.25, 0.3) is 0 Å². The molecule has 244 valence electrons. The third-order valence-corrected chi connectivity index (χ3v) is 9.49. The zero-order valence-electron chi connectivity index (χ0n) is 26.1. The van der Waals surface area contributed by atoms with Gasteiger partial charge in [0.15, 0.2) is 23.1 Å². The number of pyridine rings is 1. The second-order valence-corrected chi connectivity index (χ2v) is 12.7. The summed E-state index contributed by atoms with van der Waals surface area (Å²) >= 11 is 0. The first-order chi connectivity index (χ1) is 22.8. The minimum absolute atomic E-state index is 0.0437. The lowest BCUT2D eigenvalue weighted by molar-refractivity contribution is -0.131. The van der Waals surface area contributed by atoms with Crippen molar-refractivity contribution in [3.05, 3.63) is 78.7 Å². The molecular formula is C36H37FN4O6. The number of ether oxygens (including phenoxy) is 3. The third-order valence-electron chi connectivity index (χ3n) is 9.49. The molecule has 3 N–H and O–H groups in total. The van der Waals surface area contributed by atoms with Gasteiger partial charge in [-0.1, -0.05) is 18.2 Å². The molecule has 1 atom stereocenters. The highest BCUT2D eigenvalue weighted by Crippen LogP contribution is 2.52. The summed E-state index contributed by atoms with van der Waals surface area (Å²) in [5.74, 6) is -0.189. The standard InChI is InChI=1S/C36H37FN4O6/c1-45-30-19-25-27(20-31(30)46-17-5-16-41-21-32(42)35(22-41)11-12-35)38-15-10-28(25)47-29-9-8-24(18-26(29)37)40-34(44)36(13-14-36)33(43)39-23-6-3-2-4-7-23/h2-4,6-10,15,18-20,32,42H,5,11-14,16-17,21-22H2,1H3,(H,39,43)(H,40,44). The first kappa shape index (κ1) is 30.9. The molecule has 10 nitrogen and oxygen atoms in total. The van der Waals surface area contributed by atoms with E-state index in [1.54, 1.807) is 55.8 Å². The number of amides is 2. The van der Waals surface area contributed by atoms with Crippen molar-refractivity contribution in [1.29, 1.82) is 0 Å². The van der Waals surface area contributed by atoms with Gasteiger partial charge in [-0.15, -0.1) is 0 Å². The Morgan fingerprint density at radius 2 is 1.70 bits per heavy atom. The van der Waals surface area contributed by atoms with Gasteiger partial charge in [-0.2, -0.15) is 0 Å². The van der Waals surface area contributed by atoms with Crippen molar-refractivity contribution < 1.29 is 33.3 Å². The number of para-hydroxylation sites is 1. The van der Waals surface area contributed by atoms with Gasteiger partial charge in [0, 0.05) is 60.1 Å². The van der Waals surface area contributed by atoms with E-state index in [2.05, 4.69) is 20.5 Å². The molecule has 1 aliphatic heterocycles. The number of fused-ring (bicyclic) bond motifs is 1. The van der Waals surface area contributed by atoms with E-state index in [1.807, 2.05) is 6.07 Å². The Kier molecular flexibility index (Phi) is 8.19. The second kappa shape index (κ2) is 12.5. The summed E-state index contributed by atoms with van der Waals surface area (Å²) in [4.78, 5) is 32.7. The number of aromatic nitrogens is 1. The van der Waals surface area contributed by atoms with Crippen LogP contribution in [0.4, 0.5) is 15.8 Å². The molecule has 2 saturated carbocycles. The molecular weight excluding hydrogens is 603 g/mol. The van der Waals surface area contributed by atoms with Crippen LogP contribution >= 0.6 is 0 Å². The number of carbonyl (C=O) groups is 2. The molecule has 11 heteroatoms. The Morgan fingerprint density at radius 3 is 2.38 bits per heavy atom. The molecule has 0 radical (unpaired) electrons. The van der Waals surface area contributed by atoms with Gasteiger partial charge in [0.2, 0.25) is 11.8 Å². The van der Waals surface area contributed by atoms with Gasteiger partial charge in [-0.05, 0) is 68.5 Å². The van der Waals surface area contributed by atoms with Crippen molar-refractivity contribution in [3.8, 4) is 23.0 Å². The maximum atomic E-state index is 15.3. The van der Waals surface area contributed by atoms with Gasteiger partial charge in [-0.3, -0.25) is 19.5 Å². The van der Waals surface area contributed by atoms with Gasteiger partial charge < -0.3 is 30.0 Å². The topological polar surface area (TPSA) is 122 Å². The molecule has 3 aromatic carbocycles. The Balaban J connectivity index is 0.988. The molecule has 1 spiro atoms. The van der Waals surface area contributed by atoms with E-state index in [-0.39, 0.29) is 28.9 Å². The maximum absolute atomic E-state index is 15.3. The molecule has 1 aromatic heterocycles. The SMILES string of the molecule is COc1cc2c(Oc3ccc(NC(=O)C4(C(=O)Nc5ccccc5)CC4)cc3F)ccnc2cc1OCCCN1CC(O)C2(CC2)C1. The summed E-state index contributed by atoms with van der Waals surface area (Å²) in [7, 11) is 1.55. The summed E-state index contributed by atoms with van der Waals surface area (Å²) in [6.07, 6.45) is 5.21. The molecule has 7 rings (SSSR count). The van der Waals surface area contributed by atoms with Crippen LogP contribution in [0.15, 0.2) is 72.9 Å². The fourth-order valence-electron chi connectivity index (χ4n) is 6.32. The lowest BCUT2D eigenvalue weighted by Crippen LogP contribution is -2.35. The van der Waals surface area contributed by atoms with Crippen LogP contribution < -0.4 is 24.8 Å². The number of benzene rings is 3. The van der Waals surface area contributed by atoms with Crippen molar-refractivity contribution in [1.82, 2.24) is 9.88 Å². The number of nitrogens with zero attached hydrogens (tertiary/aromatic N) is 2. The zero-order chi connectivity index (χ0) is 32.6. The number of methoxy groups -OCH3 is 1. The molecule has 3 fully saturated rings. The smallest absolute Gasteiger partial charge is 0.240 e. The van der Waals surface area contributed by atoms with Crippen LogP contribution in [0.1, 0.15) is 32.1 Å². The van der Waals surface area contributed by atoms with Crippen molar-refractivity contribution in [2.75, 3.05) is 44.0 Å². The molecule has 2 heterocycles. The summed E-state index contributed by atoms with van der Waals surface area (Å²) in [6, 6.07) is 18.2. The monoisotopic (exact) mass is 640 g/mol. The summed E-state index contributed by atoms with van der Waals surface area (Å²) in [5.41, 5.74) is 0.362. The van der Waals surface area contributed by atoms with Crippen LogP contribution in [0.25, 0.3) is 10.9 Å². The van der Waals surface area contributed by atoms with Crippen LogP contribution in [0.2, 0.25) is 0 Å². The Labute approximate surface area is 271 Å². The van der Waals surface area contributed by atoms with E-state index < -0.39 is 17.1 Å². The number of β-amino-alcohol motifs (C(OH)–C–C–N with tert-alkyl or cyclic N) is 1. The highest BCUT2D eigenvalue weighted by Gasteiger charge is 2.56. The number of carbonyl (C=O) groups excluding carboxylic acids is 2. The van der Waals surface area contributed by atoms with Gasteiger partial charge in [0.1, 0.15) is 11.2 Å². The van der Waals surface area contributed by atoms with Crippen LogP contribution in [0, 0.1) is 16.6 Å². The van der Waals surface area contributed by atoms with Crippen LogP contribution in [-0.2, 0) is 9.59 Å². The van der Waals surface area contributed by atoms with E-state index in [0.717, 1.165) is 38.9 Å². The number of rotatable bonds is 12. The van der Waals surface area contributed by atoms with Crippen molar-refractivity contribution in [3.63, 3.8) is 0 Å². The number of nitrogens with one attached hydrogen (secondary N) is 2. The predicted octanol–water partition coefficient (Wildman–Crippen LogP) is 5.76. The molecule has 1 unspecified atom stereocenters. The molecule has 4 aromatic rings. The average Bonchev–Trinajstić information content (AvgIpc) is 4.00. The van der Waals surface area contributed by atoms with E-state index in [4.69, 9.17) is 14.2 Å². The van der Waals surface area contributed by atoms with Crippen molar-refractivity contribution in [2.24, 2.45) is 10.8 Å². The average molecular weight is 641 g/mol. The normalized spacial score (nSPS) is 18.9. The van der Waals surface area contributed by atoms with Crippen molar-refractivity contribution in [2.45, 2.75) is 38.2 Å². The number of likely N-dealkylation sites (tertiary alicyclic amines) is 1. The molecule has 3 aliphatic rings. The summed E-state index contributed by atoms with van der Waals surface area (Å²) in [5, 5.41) is 16.4. The number of halogens is 1. The predicted molar refractivity (Wildman–Crippen MR) is 174 cm³/mol. The lowest BCUT2D eigenvalue weighted by atomic mass is 10.0. The van der Waals surface area contributed by atoms with Crippen LogP contribution in [0.3, 0.4) is 0 Å². The molecule has 47 heavy (non-hydrogen) atoms. The van der Waals surface area contributed by atoms with Crippen LogP contribution in [0.5, 0.6) is 23.0 Å². The Bertz CT molecular complexity index is 1810. The Hall–Kier alpha value is -4.74. The van der Waals surface area contributed by atoms with Gasteiger partial charge in [-0.25, -0.2) is 4.39 Å². The van der Waals surface area contributed by atoms with E-state index in [1.165, 1.54) is 18.2 Å². The number of aliphatic hydroxyl groups is 1. The number of anilines is 2. The number of hydrogen-bond donors (Lipinski definition) is 3. The lowest BCUT2D eigenvalue weighted by Gasteiger charge is -2.17. The Morgan fingerprint density at radius 1 is 0.936 bits per heavy atom. The fraction of sp³-hybridized carbons (Fsp3) is 0.361. The first-order valence-electron chi connectivity index (χ1n) is 15.9. The zero-order valence-corrected chi connectivity index (χ0v) is 26.1. The summed E-state index contributed by atoms with van der Waals surface area (Å²) in [6.45, 7) is 3.00. The van der Waals surface area contributed by atoms with Crippen LogP contribution in [-0.4, -0.2) is 66.3 Å². The molecule has 1 saturated heterocycles. The van der Waals surface area contributed by atoms with E-state index in [0.29, 0.717) is 53.3 Å². The first-order valence-corrected chi connectivity index (χ1v) is 15.9. The quantitative estimate of drug-likeness (QED) is 0.132. The minimum Gasteiger partial charge on any atom is -0.493 e. The van der Waals surface area contributed by atoms with E-state index in [9.17, 15) is 14.7 Å². The fourth-order valence-corrected chi connectivity index (χ4v) is 6.32. The number of hydrogen-bond acceptors (Lipinski definition) is 8. The largest absolute Gasteiger partial charge is 0.493 e. The molecule has 0 bridgehead atoms. The number of aliphatic hydroxyl groups excluding tert-OH is 1. The minimum atomic E-state index is -1.18. The van der Waals surface area contributed by atoms with Gasteiger partial charge >= 0.3 is 0 Å². The highest BCUT2D eigenvalue weighted by molar-refractivity contribution is 6.16. The van der Waals surface area contributed by atoms with Crippen molar-refractivity contribution >= 4 is 34.1 Å². The third kappa shape index (κ3) is 6.33.